The van der Waals surface area contributed by atoms with E-state index < -0.39 is 0 Å². The van der Waals surface area contributed by atoms with Crippen molar-refractivity contribution in [3.8, 4) is 11.5 Å². The number of carbonyl (C=O) groups excluding carboxylic acids is 2. The Morgan fingerprint density at radius 3 is 2.19 bits per heavy atom. The van der Waals surface area contributed by atoms with Crippen LogP contribution in [0.3, 0.4) is 0 Å². The van der Waals surface area contributed by atoms with Crippen LogP contribution in [0.2, 0.25) is 0 Å². The second kappa shape index (κ2) is 8.81. The van der Waals surface area contributed by atoms with E-state index in [1.807, 2.05) is 31.4 Å². The molecule has 0 aliphatic rings. The second-order valence-electron chi connectivity index (χ2n) is 6.09. The fraction of sp³-hybridized carbons (Fsp3) is 0.300. The van der Waals surface area contributed by atoms with Gasteiger partial charge in [0.1, 0.15) is 0 Å². The molecule has 0 unspecified atom stereocenters. The van der Waals surface area contributed by atoms with E-state index >= 15 is 0 Å². The van der Waals surface area contributed by atoms with Gasteiger partial charge in [-0.05, 0) is 36.9 Å². The molecule has 7 heteroatoms. The maximum Gasteiger partial charge on any atom is 0.255 e. The van der Waals surface area contributed by atoms with Crippen molar-refractivity contribution in [1.29, 1.82) is 0 Å². The molecule has 2 aromatic rings. The van der Waals surface area contributed by atoms with E-state index in [0.717, 1.165) is 10.5 Å². The van der Waals surface area contributed by atoms with Crippen LogP contribution in [0, 0.1) is 6.92 Å². The van der Waals surface area contributed by atoms with E-state index in [1.165, 1.54) is 19.1 Å². The molecule has 0 fully saturated rings. The van der Waals surface area contributed by atoms with Gasteiger partial charge in [-0.15, -0.1) is 11.8 Å². The summed E-state index contributed by atoms with van der Waals surface area (Å²) in [4.78, 5) is 27.9. The molecule has 0 bridgehead atoms. The zero-order chi connectivity index (χ0) is 20.1. The number of thioether (sulfide) groups is 1. The minimum Gasteiger partial charge on any atom is -0.493 e. The van der Waals surface area contributed by atoms with Gasteiger partial charge in [0.15, 0.2) is 11.5 Å². The Morgan fingerprint density at radius 1 is 1.00 bits per heavy atom. The van der Waals surface area contributed by atoms with Crippen molar-refractivity contribution in [2.24, 2.45) is 0 Å². The first kappa shape index (κ1) is 20.6. The molecule has 6 nitrogen and oxygen atoms in total. The minimum absolute atomic E-state index is 0.249. The first-order valence-corrected chi connectivity index (χ1v) is 9.48. The maximum atomic E-state index is 12.9. The summed E-state index contributed by atoms with van der Waals surface area (Å²) in [6.07, 6.45) is 1.95. The first-order chi connectivity index (χ1) is 12.8. The Labute approximate surface area is 163 Å². The van der Waals surface area contributed by atoms with E-state index in [-0.39, 0.29) is 11.8 Å². The van der Waals surface area contributed by atoms with Gasteiger partial charge >= 0.3 is 0 Å². The third-order valence-corrected chi connectivity index (χ3v) is 4.82. The van der Waals surface area contributed by atoms with E-state index in [0.29, 0.717) is 28.3 Å². The number of nitrogens with zero attached hydrogens (tertiary/aromatic N) is 1. The molecular weight excluding hydrogens is 364 g/mol. The fourth-order valence-electron chi connectivity index (χ4n) is 2.56. The molecule has 0 aliphatic carbocycles. The summed E-state index contributed by atoms with van der Waals surface area (Å²) in [5, 5.41) is 2.85. The van der Waals surface area contributed by atoms with Crippen LogP contribution in [-0.2, 0) is 0 Å². The molecule has 2 amide bonds. The highest BCUT2D eigenvalue weighted by atomic mass is 32.2. The quantitative estimate of drug-likeness (QED) is 0.765. The Kier molecular flexibility index (Phi) is 6.74. The van der Waals surface area contributed by atoms with Gasteiger partial charge in [-0.3, -0.25) is 9.59 Å². The van der Waals surface area contributed by atoms with Gasteiger partial charge in [-0.1, -0.05) is 6.07 Å². The van der Waals surface area contributed by atoms with E-state index in [1.54, 1.807) is 38.0 Å². The van der Waals surface area contributed by atoms with Gasteiger partial charge in [0.2, 0.25) is 0 Å². The highest BCUT2D eigenvalue weighted by Gasteiger charge is 2.21. The molecule has 1 N–H and O–H groups in total. The van der Waals surface area contributed by atoms with Crippen molar-refractivity contribution in [2.45, 2.75) is 11.8 Å². The molecule has 0 aromatic heterocycles. The zero-order valence-corrected chi connectivity index (χ0v) is 17.2. The molecule has 0 atom stereocenters. The number of carbonyl (C=O) groups is 2. The molecule has 0 heterocycles. The van der Waals surface area contributed by atoms with Crippen LogP contribution in [0.4, 0.5) is 5.69 Å². The lowest BCUT2D eigenvalue weighted by molar-refractivity contribution is 0.0828. The normalized spacial score (nSPS) is 10.3. The molecule has 0 spiro atoms. The van der Waals surface area contributed by atoms with Gasteiger partial charge in [0, 0.05) is 30.6 Å². The van der Waals surface area contributed by atoms with Gasteiger partial charge in [-0.2, -0.15) is 0 Å². The minimum atomic E-state index is -0.288. The number of aryl methyl sites for hydroxylation is 1. The highest BCUT2D eigenvalue weighted by Crippen LogP contribution is 2.34. The van der Waals surface area contributed by atoms with Crippen LogP contribution in [-0.4, -0.2) is 51.3 Å². The molecule has 2 aromatic carbocycles. The van der Waals surface area contributed by atoms with E-state index in [2.05, 4.69) is 5.32 Å². The van der Waals surface area contributed by atoms with Crippen LogP contribution >= 0.6 is 11.8 Å². The molecule has 0 saturated heterocycles. The Hall–Kier alpha value is -2.67. The molecule has 0 radical (unpaired) electrons. The number of anilines is 1. The first-order valence-electron chi connectivity index (χ1n) is 8.26. The fourth-order valence-corrected chi connectivity index (χ4v) is 3.00. The number of ether oxygens (including phenoxy) is 2. The number of hydrogen-bond donors (Lipinski definition) is 1. The summed E-state index contributed by atoms with van der Waals surface area (Å²) in [7, 11) is 6.30. The summed E-state index contributed by atoms with van der Waals surface area (Å²) in [5.74, 6) is 0.309. The monoisotopic (exact) mass is 388 g/mol. The molecule has 0 saturated carbocycles. The topological polar surface area (TPSA) is 67.9 Å². The lowest BCUT2D eigenvalue weighted by Crippen LogP contribution is -2.24. The number of nitrogens with one attached hydrogen (secondary N) is 1. The summed E-state index contributed by atoms with van der Waals surface area (Å²) in [6, 6.07) is 8.88. The van der Waals surface area contributed by atoms with Crippen molar-refractivity contribution in [1.82, 2.24) is 4.90 Å². The van der Waals surface area contributed by atoms with E-state index in [9.17, 15) is 9.59 Å². The van der Waals surface area contributed by atoms with E-state index in [4.69, 9.17) is 9.47 Å². The average molecular weight is 388 g/mol. The molecule has 2 rings (SSSR count). The standard InChI is InChI=1S/C20H24N2O4S/c1-12-7-8-13(27-6)9-14(12)19(23)21-16-11-18(26-5)17(25-4)10-15(16)20(24)22(2)3/h7-11H,1-6H3,(H,21,23). The number of benzene rings is 2. The average Bonchev–Trinajstić information content (AvgIpc) is 2.67. The van der Waals surface area contributed by atoms with Gasteiger partial charge in [-0.25, -0.2) is 0 Å². The van der Waals surface area contributed by atoms with Gasteiger partial charge < -0.3 is 19.7 Å². The largest absolute Gasteiger partial charge is 0.493 e. The van der Waals surface area contributed by atoms with Crippen molar-refractivity contribution in [3.63, 3.8) is 0 Å². The lowest BCUT2D eigenvalue weighted by atomic mass is 10.1. The Balaban J connectivity index is 2.50. The third kappa shape index (κ3) is 4.54. The number of rotatable bonds is 6. The van der Waals surface area contributed by atoms with Crippen molar-refractivity contribution in [2.75, 3.05) is 39.9 Å². The van der Waals surface area contributed by atoms with Crippen LogP contribution in [0.25, 0.3) is 0 Å². The molecule has 27 heavy (non-hydrogen) atoms. The van der Waals surface area contributed by atoms with Gasteiger partial charge in [0.25, 0.3) is 11.8 Å². The predicted octanol–water partition coefficient (Wildman–Crippen LogP) is 3.69. The number of methoxy groups -OCH3 is 2. The Bertz CT molecular complexity index is 865. The van der Waals surface area contributed by atoms with Crippen LogP contribution in [0.15, 0.2) is 35.2 Å². The van der Waals surface area contributed by atoms with Crippen LogP contribution in [0.5, 0.6) is 11.5 Å². The summed E-state index contributed by atoms with van der Waals surface area (Å²) >= 11 is 1.56. The molecule has 0 aliphatic heterocycles. The van der Waals surface area contributed by atoms with Crippen molar-refractivity contribution >= 4 is 29.3 Å². The molecule has 144 valence electrons. The zero-order valence-electron chi connectivity index (χ0n) is 16.4. The SMILES string of the molecule is COc1cc(NC(=O)c2cc(SC)ccc2C)c(C(=O)N(C)C)cc1OC. The summed E-state index contributed by atoms with van der Waals surface area (Å²) < 4.78 is 10.6. The lowest BCUT2D eigenvalue weighted by Gasteiger charge is -2.18. The summed E-state index contributed by atoms with van der Waals surface area (Å²) in [5.41, 5.74) is 2.10. The Morgan fingerprint density at radius 2 is 1.63 bits per heavy atom. The smallest absolute Gasteiger partial charge is 0.255 e. The molecular formula is C20H24N2O4S. The number of hydrogen-bond acceptors (Lipinski definition) is 5. The maximum absolute atomic E-state index is 12.9. The van der Waals surface area contributed by atoms with Gasteiger partial charge in [0.05, 0.1) is 25.5 Å². The third-order valence-electron chi connectivity index (χ3n) is 4.10. The van der Waals surface area contributed by atoms with Crippen molar-refractivity contribution < 1.29 is 19.1 Å². The second-order valence-corrected chi connectivity index (χ2v) is 6.97. The highest BCUT2D eigenvalue weighted by molar-refractivity contribution is 7.98. The number of amides is 2. The predicted molar refractivity (Wildman–Crippen MR) is 108 cm³/mol. The summed E-state index contributed by atoms with van der Waals surface area (Å²) in [6.45, 7) is 1.87. The van der Waals surface area contributed by atoms with Crippen LogP contribution in [0.1, 0.15) is 26.3 Å². The van der Waals surface area contributed by atoms with Crippen LogP contribution < -0.4 is 14.8 Å². The van der Waals surface area contributed by atoms with Crippen molar-refractivity contribution in [3.05, 3.63) is 47.0 Å².